The average Bonchev–Trinajstić information content (AvgIpc) is 1.98. The third-order valence-corrected chi connectivity index (χ3v) is 1.77. The molecule has 1 atom stereocenters. The van der Waals surface area contributed by atoms with Crippen LogP contribution in [0, 0.1) is 0 Å². The summed E-state index contributed by atoms with van der Waals surface area (Å²) in [6.45, 7) is 4.66. The predicted octanol–water partition coefficient (Wildman–Crippen LogP) is 1.16. The highest BCUT2D eigenvalue weighted by Crippen LogP contribution is 2.22. The Bertz CT molecular complexity index is 277. The van der Waals surface area contributed by atoms with Gasteiger partial charge in [-0.15, -0.1) is 0 Å². The molecule has 1 aliphatic heterocycles. The van der Waals surface area contributed by atoms with Crippen molar-refractivity contribution < 1.29 is 19.1 Å². The molecule has 0 spiro atoms. The monoisotopic (exact) mass is 184 g/mol. The Balaban J connectivity index is 2.84. The predicted molar refractivity (Wildman–Crippen MR) is 44.6 cm³/mol. The average molecular weight is 184 g/mol. The molecule has 0 aromatic rings. The van der Waals surface area contributed by atoms with Crippen LogP contribution in [-0.4, -0.2) is 18.0 Å². The van der Waals surface area contributed by atoms with Crippen LogP contribution in [0.3, 0.4) is 0 Å². The van der Waals surface area contributed by atoms with E-state index in [2.05, 4.69) is 0 Å². The van der Waals surface area contributed by atoms with Crippen LogP contribution in [0.15, 0.2) is 11.3 Å². The van der Waals surface area contributed by atoms with Crippen LogP contribution in [0.2, 0.25) is 0 Å². The minimum atomic E-state index is -0.407. The second kappa shape index (κ2) is 3.60. The summed E-state index contributed by atoms with van der Waals surface area (Å²) < 4.78 is 9.81. The van der Waals surface area contributed by atoms with Gasteiger partial charge in [0.2, 0.25) is 0 Å². The zero-order chi connectivity index (χ0) is 10.0. The standard InChI is InChI=1S/C9H12O4/c1-5-4-8(13-7(3)10)6(2)9(11)12-5/h5H,4H2,1-3H3/t5-/m0/s1. The first kappa shape index (κ1) is 9.77. The summed E-state index contributed by atoms with van der Waals surface area (Å²) in [5.41, 5.74) is 0.383. The molecule has 0 amide bonds. The van der Waals surface area contributed by atoms with E-state index in [-0.39, 0.29) is 6.10 Å². The molecule has 1 aliphatic rings. The molecule has 0 unspecified atom stereocenters. The molecule has 0 saturated heterocycles. The number of carbonyl (C=O) groups excluding carboxylic acids is 2. The molecule has 4 heteroatoms. The summed E-state index contributed by atoms with van der Waals surface area (Å²) >= 11 is 0. The first-order chi connectivity index (χ1) is 6.00. The van der Waals surface area contributed by atoms with Gasteiger partial charge in [0.25, 0.3) is 0 Å². The second-order valence-electron chi connectivity index (χ2n) is 3.06. The van der Waals surface area contributed by atoms with Gasteiger partial charge >= 0.3 is 11.9 Å². The molecule has 0 aliphatic carbocycles. The molecule has 72 valence electrons. The maximum atomic E-state index is 11.1. The number of cyclic esters (lactones) is 1. The lowest BCUT2D eigenvalue weighted by Gasteiger charge is -2.21. The molecule has 0 saturated carbocycles. The molecule has 4 nitrogen and oxygen atoms in total. The van der Waals surface area contributed by atoms with Gasteiger partial charge in [0, 0.05) is 13.3 Å². The number of hydrogen-bond donors (Lipinski definition) is 0. The van der Waals surface area contributed by atoms with Gasteiger partial charge in [0.05, 0.1) is 5.57 Å². The van der Waals surface area contributed by atoms with Gasteiger partial charge in [-0.2, -0.15) is 0 Å². The Morgan fingerprint density at radius 3 is 2.77 bits per heavy atom. The van der Waals surface area contributed by atoms with Crippen LogP contribution >= 0.6 is 0 Å². The molecule has 0 radical (unpaired) electrons. The summed E-state index contributed by atoms with van der Waals surface area (Å²) in [7, 11) is 0. The number of hydrogen-bond acceptors (Lipinski definition) is 4. The highest BCUT2D eigenvalue weighted by atomic mass is 16.6. The smallest absolute Gasteiger partial charge is 0.337 e. The van der Waals surface area contributed by atoms with Crippen molar-refractivity contribution in [1.82, 2.24) is 0 Å². The summed E-state index contributed by atoms with van der Waals surface area (Å²) in [6.07, 6.45) is 0.252. The summed E-state index contributed by atoms with van der Waals surface area (Å²) in [6, 6.07) is 0. The minimum Gasteiger partial charge on any atom is -0.459 e. The quantitative estimate of drug-likeness (QED) is 0.574. The Kier molecular flexibility index (Phi) is 2.70. The maximum absolute atomic E-state index is 11.1. The lowest BCUT2D eigenvalue weighted by atomic mass is 10.1. The van der Waals surface area contributed by atoms with Crippen LogP contribution in [0.5, 0.6) is 0 Å². The molecule has 1 rings (SSSR count). The van der Waals surface area contributed by atoms with Crippen LogP contribution < -0.4 is 0 Å². The van der Waals surface area contributed by atoms with Gasteiger partial charge in [0.15, 0.2) is 0 Å². The molecular formula is C9H12O4. The summed E-state index contributed by atoms with van der Waals surface area (Å²) in [5.74, 6) is -0.387. The first-order valence-electron chi connectivity index (χ1n) is 4.10. The van der Waals surface area contributed by atoms with Crippen LogP contribution in [0.4, 0.5) is 0 Å². The fourth-order valence-corrected chi connectivity index (χ4v) is 1.13. The van der Waals surface area contributed by atoms with Gasteiger partial charge in [-0.3, -0.25) is 4.79 Å². The van der Waals surface area contributed by atoms with E-state index in [0.717, 1.165) is 0 Å². The van der Waals surface area contributed by atoms with E-state index in [0.29, 0.717) is 17.8 Å². The van der Waals surface area contributed by atoms with Crippen molar-refractivity contribution in [2.24, 2.45) is 0 Å². The molecule has 0 aromatic carbocycles. The highest BCUT2D eigenvalue weighted by Gasteiger charge is 2.25. The van der Waals surface area contributed by atoms with Crippen molar-refractivity contribution >= 4 is 11.9 Å². The molecular weight excluding hydrogens is 172 g/mol. The first-order valence-corrected chi connectivity index (χ1v) is 4.10. The molecule has 0 aromatic heterocycles. The van der Waals surface area contributed by atoms with E-state index < -0.39 is 11.9 Å². The van der Waals surface area contributed by atoms with Crippen LogP contribution in [-0.2, 0) is 19.1 Å². The third-order valence-electron chi connectivity index (χ3n) is 1.77. The summed E-state index contributed by atoms with van der Waals surface area (Å²) in [5, 5.41) is 0. The number of ether oxygens (including phenoxy) is 2. The largest absolute Gasteiger partial charge is 0.459 e. The zero-order valence-corrected chi connectivity index (χ0v) is 7.92. The van der Waals surface area contributed by atoms with Crippen molar-refractivity contribution in [2.45, 2.75) is 33.3 Å². The Morgan fingerprint density at radius 1 is 1.62 bits per heavy atom. The van der Waals surface area contributed by atoms with Gasteiger partial charge in [-0.1, -0.05) is 0 Å². The van der Waals surface area contributed by atoms with Gasteiger partial charge in [-0.25, -0.2) is 4.79 Å². The fraction of sp³-hybridized carbons (Fsp3) is 0.556. The molecule has 0 bridgehead atoms. The third kappa shape index (κ3) is 2.31. The topological polar surface area (TPSA) is 52.6 Å². The zero-order valence-electron chi connectivity index (χ0n) is 7.92. The lowest BCUT2D eigenvalue weighted by molar-refractivity contribution is -0.147. The Morgan fingerprint density at radius 2 is 2.23 bits per heavy atom. The van der Waals surface area contributed by atoms with Crippen molar-refractivity contribution in [2.75, 3.05) is 0 Å². The van der Waals surface area contributed by atoms with E-state index in [1.165, 1.54) is 6.92 Å². The second-order valence-corrected chi connectivity index (χ2v) is 3.06. The fourth-order valence-electron chi connectivity index (χ4n) is 1.13. The lowest BCUT2D eigenvalue weighted by Crippen LogP contribution is -2.24. The SMILES string of the molecule is CC(=O)OC1=C(C)C(=O)O[C@@H](C)C1. The van der Waals surface area contributed by atoms with Gasteiger partial charge in [-0.05, 0) is 13.8 Å². The van der Waals surface area contributed by atoms with E-state index >= 15 is 0 Å². The van der Waals surface area contributed by atoms with Crippen molar-refractivity contribution in [3.63, 3.8) is 0 Å². The van der Waals surface area contributed by atoms with Crippen LogP contribution in [0.1, 0.15) is 27.2 Å². The molecule has 0 N–H and O–H groups in total. The van der Waals surface area contributed by atoms with Gasteiger partial charge in [0.1, 0.15) is 11.9 Å². The van der Waals surface area contributed by atoms with E-state index in [1.807, 2.05) is 0 Å². The maximum Gasteiger partial charge on any atom is 0.337 e. The normalized spacial score (nSPS) is 22.7. The summed E-state index contributed by atoms with van der Waals surface area (Å²) in [4.78, 5) is 21.8. The van der Waals surface area contributed by atoms with E-state index in [4.69, 9.17) is 9.47 Å². The highest BCUT2D eigenvalue weighted by molar-refractivity contribution is 5.89. The number of rotatable bonds is 1. The minimum absolute atomic E-state index is 0.217. The van der Waals surface area contributed by atoms with Gasteiger partial charge < -0.3 is 9.47 Å². The molecule has 13 heavy (non-hydrogen) atoms. The number of carbonyl (C=O) groups is 2. The Labute approximate surface area is 76.5 Å². The molecule has 1 heterocycles. The number of esters is 2. The van der Waals surface area contributed by atoms with Crippen molar-refractivity contribution in [3.05, 3.63) is 11.3 Å². The Hall–Kier alpha value is -1.32. The van der Waals surface area contributed by atoms with Crippen LogP contribution in [0.25, 0.3) is 0 Å². The van der Waals surface area contributed by atoms with E-state index in [9.17, 15) is 9.59 Å². The van der Waals surface area contributed by atoms with Crippen molar-refractivity contribution in [3.8, 4) is 0 Å². The van der Waals surface area contributed by atoms with E-state index in [1.54, 1.807) is 13.8 Å². The molecule has 0 fully saturated rings. The van der Waals surface area contributed by atoms with Crippen molar-refractivity contribution in [1.29, 1.82) is 0 Å².